The zero-order chi connectivity index (χ0) is 16.3. The quantitative estimate of drug-likeness (QED) is 0.873. The summed E-state index contributed by atoms with van der Waals surface area (Å²) in [6.07, 6.45) is 0. The molecule has 0 unspecified atom stereocenters. The first-order valence-electron chi connectivity index (χ1n) is 6.93. The fourth-order valence-electron chi connectivity index (χ4n) is 2.41. The Kier molecular flexibility index (Phi) is 5.03. The van der Waals surface area contributed by atoms with Gasteiger partial charge in [-0.1, -0.05) is 29.3 Å². The number of rotatable bonds is 4. The van der Waals surface area contributed by atoms with Crippen molar-refractivity contribution in [1.82, 2.24) is 0 Å². The van der Waals surface area contributed by atoms with E-state index in [4.69, 9.17) is 11.6 Å². The van der Waals surface area contributed by atoms with Crippen molar-refractivity contribution in [2.45, 2.75) is 20.8 Å². The molecule has 0 radical (unpaired) electrons. The monoisotopic (exact) mass is 320 g/mol. The molecule has 116 valence electrons. The van der Waals surface area contributed by atoms with Crippen LogP contribution in [-0.4, -0.2) is 12.5 Å². The fraction of sp³-hybridized carbons (Fsp3) is 0.235. The van der Waals surface area contributed by atoms with Gasteiger partial charge in [0.05, 0.1) is 11.6 Å². The van der Waals surface area contributed by atoms with Crippen molar-refractivity contribution in [1.29, 1.82) is 0 Å². The van der Waals surface area contributed by atoms with Gasteiger partial charge in [0.1, 0.15) is 5.82 Å². The number of nitrogens with one attached hydrogen (secondary N) is 2. The first-order valence-corrected chi connectivity index (χ1v) is 7.31. The van der Waals surface area contributed by atoms with Crippen molar-refractivity contribution in [2.75, 3.05) is 17.2 Å². The van der Waals surface area contributed by atoms with Crippen molar-refractivity contribution in [2.24, 2.45) is 0 Å². The van der Waals surface area contributed by atoms with E-state index in [9.17, 15) is 9.18 Å². The van der Waals surface area contributed by atoms with Crippen LogP contribution in [0.4, 0.5) is 15.8 Å². The normalized spacial score (nSPS) is 10.4. The molecule has 0 fully saturated rings. The predicted octanol–water partition coefficient (Wildman–Crippen LogP) is 4.45. The van der Waals surface area contributed by atoms with Crippen molar-refractivity contribution < 1.29 is 9.18 Å². The second kappa shape index (κ2) is 6.79. The minimum atomic E-state index is -0.510. The van der Waals surface area contributed by atoms with Crippen LogP contribution in [0.1, 0.15) is 16.7 Å². The lowest BCUT2D eigenvalue weighted by molar-refractivity contribution is -0.114. The smallest absolute Gasteiger partial charge is 0.243 e. The second-order valence-corrected chi connectivity index (χ2v) is 5.71. The van der Waals surface area contributed by atoms with Gasteiger partial charge in [0.25, 0.3) is 0 Å². The van der Waals surface area contributed by atoms with Crippen LogP contribution in [-0.2, 0) is 4.79 Å². The van der Waals surface area contributed by atoms with Crippen LogP contribution in [0, 0.1) is 26.6 Å². The zero-order valence-corrected chi connectivity index (χ0v) is 13.5. The molecule has 2 N–H and O–H groups in total. The van der Waals surface area contributed by atoms with Gasteiger partial charge in [0, 0.05) is 11.4 Å². The molecule has 5 heteroatoms. The summed E-state index contributed by atoms with van der Waals surface area (Å²) in [6, 6.07) is 8.21. The predicted molar refractivity (Wildman–Crippen MR) is 89.2 cm³/mol. The number of hydrogen-bond donors (Lipinski definition) is 2. The van der Waals surface area contributed by atoms with Crippen LogP contribution in [0.3, 0.4) is 0 Å². The molecule has 0 saturated heterocycles. The molecule has 3 nitrogen and oxygen atoms in total. The maximum atomic E-state index is 13.1. The van der Waals surface area contributed by atoms with Gasteiger partial charge in [-0.15, -0.1) is 0 Å². The third kappa shape index (κ3) is 3.98. The molecule has 0 aliphatic carbocycles. The summed E-state index contributed by atoms with van der Waals surface area (Å²) in [4.78, 5) is 12.0. The maximum absolute atomic E-state index is 13.1. The van der Waals surface area contributed by atoms with Gasteiger partial charge in [-0.3, -0.25) is 4.79 Å². The molecule has 0 aromatic heterocycles. The Bertz CT molecular complexity index is 693. The summed E-state index contributed by atoms with van der Waals surface area (Å²) in [7, 11) is 0. The Morgan fingerprint density at radius 3 is 2.36 bits per heavy atom. The molecule has 1 amide bonds. The van der Waals surface area contributed by atoms with E-state index >= 15 is 0 Å². The lowest BCUT2D eigenvalue weighted by Gasteiger charge is -2.14. The van der Waals surface area contributed by atoms with E-state index < -0.39 is 5.82 Å². The number of carbonyl (C=O) groups excluding carboxylic acids is 1. The first-order chi connectivity index (χ1) is 10.4. The summed E-state index contributed by atoms with van der Waals surface area (Å²) < 4.78 is 13.1. The van der Waals surface area contributed by atoms with Crippen LogP contribution in [0.25, 0.3) is 0 Å². The highest BCUT2D eigenvalue weighted by molar-refractivity contribution is 6.31. The van der Waals surface area contributed by atoms with Crippen LogP contribution >= 0.6 is 11.6 Å². The standard InChI is InChI=1S/C17H18ClFN2O/c1-10-6-11(2)17(12(3)7-10)20-9-16(22)21-13-4-5-15(19)14(18)8-13/h4-8,20H,9H2,1-3H3,(H,21,22). The van der Waals surface area contributed by atoms with Gasteiger partial charge in [-0.05, 0) is 50.1 Å². The summed E-state index contributed by atoms with van der Waals surface area (Å²) in [5.74, 6) is -0.731. The van der Waals surface area contributed by atoms with E-state index in [1.54, 1.807) is 0 Å². The minimum absolute atomic E-state index is 0.0176. The molecule has 0 spiro atoms. The number of benzene rings is 2. The largest absolute Gasteiger partial charge is 0.376 e. The molecule has 0 heterocycles. The van der Waals surface area contributed by atoms with Crippen LogP contribution in [0.15, 0.2) is 30.3 Å². The topological polar surface area (TPSA) is 41.1 Å². The molecule has 0 aliphatic rings. The number of carbonyl (C=O) groups is 1. The van der Waals surface area contributed by atoms with E-state index in [0.717, 1.165) is 16.8 Å². The molecule has 2 aromatic carbocycles. The van der Waals surface area contributed by atoms with Crippen molar-refractivity contribution in [3.63, 3.8) is 0 Å². The highest BCUT2D eigenvalue weighted by Gasteiger charge is 2.08. The number of hydrogen-bond acceptors (Lipinski definition) is 2. The molecule has 0 aliphatic heterocycles. The second-order valence-electron chi connectivity index (χ2n) is 5.30. The summed E-state index contributed by atoms with van der Waals surface area (Å²) >= 11 is 5.68. The van der Waals surface area contributed by atoms with E-state index in [2.05, 4.69) is 22.8 Å². The van der Waals surface area contributed by atoms with Gasteiger partial charge >= 0.3 is 0 Å². The number of halogens is 2. The van der Waals surface area contributed by atoms with Crippen LogP contribution in [0.5, 0.6) is 0 Å². The Hall–Kier alpha value is -2.07. The SMILES string of the molecule is Cc1cc(C)c(NCC(=O)Nc2ccc(F)c(Cl)c2)c(C)c1. The molecule has 22 heavy (non-hydrogen) atoms. The number of aryl methyl sites for hydroxylation is 3. The molecule has 2 rings (SSSR count). The van der Waals surface area contributed by atoms with Crippen molar-refractivity contribution in [3.05, 3.63) is 57.9 Å². The molecule has 2 aromatic rings. The summed E-state index contributed by atoms with van der Waals surface area (Å²) in [5.41, 5.74) is 4.80. The third-order valence-corrected chi connectivity index (χ3v) is 3.60. The Labute approximate surface area is 134 Å². The van der Waals surface area contributed by atoms with Gasteiger partial charge in [0.2, 0.25) is 5.91 Å². The Balaban J connectivity index is 2.00. The zero-order valence-electron chi connectivity index (χ0n) is 12.8. The van der Waals surface area contributed by atoms with Gasteiger partial charge in [-0.25, -0.2) is 4.39 Å². The summed E-state index contributed by atoms with van der Waals surface area (Å²) in [5, 5.41) is 5.80. The van der Waals surface area contributed by atoms with Crippen molar-refractivity contribution >= 4 is 28.9 Å². The average Bonchev–Trinajstić information content (AvgIpc) is 2.41. The Morgan fingerprint density at radius 1 is 1.14 bits per heavy atom. The first kappa shape index (κ1) is 16.3. The van der Waals surface area contributed by atoms with Crippen LogP contribution < -0.4 is 10.6 Å². The van der Waals surface area contributed by atoms with E-state index in [-0.39, 0.29) is 17.5 Å². The van der Waals surface area contributed by atoms with Gasteiger partial charge in [0.15, 0.2) is 0 Å². The summed E-state index contributed by atoms with van der Waals surface area (Å²) in [6.45, 7) is 6.16. The average molecular weight is 321 g/mol. The molecular weight excluding hydrogens is 303 g/mol. The molecular formula is C17H18ClFN2O. The van der Waals surface area contributed by atoms with E-state index in [0.29, 0.717) is 5.69 Å². The van der Waals surface area contributed by atoms with E-state index in [1.807, 2.05) is 20.8 Å². The fourth-order valence-corrected chi connectivity index (χ4v) is 2.59. The van der Waals surface area contributed by atoms with Crippen LogP contribution in [0.2, 0.25) is 5.02 Å². The lowest BCUT2D eigenvalue weighted by Crippen LogP contribution is -2.22. The Morgan fingerprint density at radius 2 is 1.77 bits per heavy atom. The maximum Gasteiger partial charge on any atom is 0.243 e. The van der Waals surface area contributed by atoms with Crippen molar-refractivity contribution in [3.8, 4) is 0 Å². The molecule has 0 atom stereocenters. The molecule has 0 saturated carbocycles. The number of anilines is 2. The highest BCUT2D eigenvalue weighted by Crippen LogP contribution is 2.22. The molecule has 0 bridgehead atoms. The minimum Gasteiger partial charge on any atom is -0.376 e. The third-order valence-electron chi connectivity index (χ3n) is 3.31. The van der Waals surface area contributed by atoms with Gasteiger partial charge < -0.3 is 10.6 Å². The highest BCUT2D eigenvalue weighted by atomic mass is 35.5. The van der Waals surface area contributed by atoms with E-state index in [1.165, 1.54) is 23.8 Å². The number of amides is 1. The van der Waals surface area contributed by atoms with Gasteiger partial charge in [-0.2, -0.15) is 0 Å². The lowest BCUT2D eigenvalue weighted by atomic mass is 10.1.